The van der Waals surface area contributed by atoms with E-state index in [1.807, 2.05) is 19.9 Å². The molecule has 24 heavy (non-hydrogen) atoms. The van der Waals surface area contributed by atoms with Crippen molar-refractivity contribution < 1.29 is 13.8 Å². The molecule has 2 heterocycles. The van der Waals surface area contributed by atoms with E-state index in [1.165, 1.54) is 0 Å². The van der Waals surface area contributed by atoms with Crippen LogP contribution < -0.4 is 11.1 Å². The number of hydrogen-bond donors (Lipinski definition) is 1. The highest BCUT2D eigenvalue weighted by Crippen LogP contribution is 2.18. The summed E-state index contributed by atoms with van der Waals surface area (Å²) >= 11 is 0. The minimum Gasteiger partial charge on any atom is -0.338 e. The van der Waals surface area contributed by atoms with E-state index >= 15 is 0 Å². The molecule has 0 unspecified atom stereocenters. The number of rotatable bonds is 5. The second kappa shape index (κ2) is 6.53. The minimum atomic E-state index is -0.704. The van der Waals surface area contributed by atoms with Gasteiger partial charge in [-0.15, -0.1) is 0 Å². The summed E-state index contributed by atoms with van der Waals surface area (Å²) < 4.78 is 10.9. The van der Waals surface area contributed by atoms with Crippen molar-refractivity contribution in [2.24, 2.45) is 0 Å². The van der Waals surface area contributed by atoms with Crippen LogP contribution in [0.1, 0.15) is 25.5 Å². The molecular weight excluding hydrogens is 312 g/mol. The van der Waals surface area contributed by atoms with Crippen molar-refractivity contribution in [3.63, 3.8) is 0 Å². The molecule has 0 radical (unpaired) electrons. The second-order valence-electron chi connectivity index (χ2n) is 5.54. The Labute approximate surface area is 137 Å². The van der Waals surface area contributed by atoms with Crippen LogP contribution in [0.2, 0.25) is 0 Å². The molecule has 1 N–H and O–H groups in total. The third-order valence-electron chi connectivity index (χ3n) is 3.40. The van der Waals surface area contributed by atoms with E-state index in [0.29, 0.717) is 5.56 Å². The summed E-state index contributed by atoms with van der Waals surface area (Å²) in [4.78, 5) is 24.0. The Balaban J connectivity index is 1.77. The number of carbonyl (C=O) groups excluding carboxylic acids is 1. The normalized spacial score (nSPS) is 11.0. The van der Waals surface area contributed by atoms with Gasteiger partial charge in [0.25, 0.3) is 0 Å². The van der Waals surface area contributed by atoms with Crippen molar-refractivity contribution in [2.75, 3.05) is 5.32 Å². The summed E-state index contributed by atoms with van der Waals surface area (Å²) in [5, 5.41) is 10.2. The summed E-state index contributed by atoms with van der Waals surface area (Å²) in [6.07, 6.45) is 0. The van der Waals surface area contributed by atoms with Gasteiger partial charge < -0.3 is 4.52 Å². The van der Waals surface area contributed by atoms with Gasteiger partial charge in [0.05, 0.1) is 5.69 Å². The molecule has 0 aliphatic rings. The van der Waals surface area contributed by atoms with Crippen LogP contribution in [-0.2, 0) is 11.3 Å². The minimum absolute atomic E-state index is 0.185. The summed E-state index contributed by atoms with van der Waals surface area (Å²) in [5.74, 6) is -0.441. The van der Waals surface area contributed by atoms with E-state index < -0.39 is 11.7 Å². The molecule has 8 heteroatoms. The predicted molar refractivity (Wildman–Crippen MR) is 85.4 cm³/mol. The lowest BCUT2D eigenvalue weighted by atomic mass is 10.1. The molecule has 0 atom stereocenters. The van der Waals surface area contributed by atoms with Crippen LogP contribution in [0.25, 0.3) is 11.4 Å². The second-order valence-corrected chi connectivity index (χ2v) is 5.54. The molecular formula is C16H16N4O4. The lowest BCUT2D eigenvalue weighted by molar-refractivity contribution is -0.116. The van der Waals surface area contributed by atoms with Gasteiger partial charge in [0.1, 0.15) is 6.54 Å². The summed E-state index contributed by atoms with van der Waals surface area (Å²) in [5.41, 5.74) is 1.41. The van der Waals surface area contributed by atoms with E-state index in [9.17, 15) is 9.59 Å². The van der Waals surface area contributed by atoms with Crippen LogP contribution in [0.3, 0.4) is 0 Å². The zero-order valence-corrected chi connectivity index (χ0v) is 13.2. The summed E-state index contributed by atoms with van der Waals surface area (Å²) in [6.45, 7) is 3.68. The smallest absolute Gasteiger partial charge is 0.338 e. The molecule has 0 bridgehead atoms. The molecule has 2 aromatic heterocycles. The van der Waals surface area contributed by atoms with Gasteiger partial charge in [-0.05, 0) is 5.92 Å². The Hall–Kier alpha value is -3.16. The number of anilines is 1. The van der Waals surface area contributed by atoms with Crippen LogP contribution in [0.5, 0.6) is 0 Å². The lowest BCUT2D eigenvalue weighted by Gasteiger charge is -2.04. The van der Waals surface area contributed by atoms with Crippen molar-refractivity contribution in [2.45, 2.75) is 26.3 Å². The van der Waals surface area contributed by atoms with Crippen LogP contribution in [0, 0.1) is 0 Å². The van der Waals surface area contributed by atoms with E-state index in [1.54, 1.807) is 30.3 Å². The van der Waals surface area contributed by atoms with Crippen LogP contribution in [0.4, 0.5) is 5.88 Å². The molecule has 0 aliphatic heterocycles. The summed E-state index contributed by atoms with van der Waals surface area (Å²) in [6, 6.07) is 10.7. The molecule has 8 nitrogen and oxygen atoms in total. The number of carbonyl (C=O) groups is 1. The molecule has 3 aromatic rings. The largest absolute Gasteiger partial charge is 0.442 e. The van der Waals surface area contributed by atoms with Gasteiger partial charge in [0.2, 0.25) is 11.8 Å². The van der Waals surface area contributed by atoms with Crippen LogP contribution in [0.15, 0.2) is 50.2 Å². The maximum atomic E-state index is 12.2. The quantitative estimate of drug-likeness (QED) is 0.770. The Kier molecular flexibility index (Phi) is 4.28. The number of aromatic nitrogens is 3. The van der Waals surface area contributed by atoms with E-state index in [-0.39, 0.29) is 24.2 Å². The topological polar surface area (TPSA) is 103 Å². The van der Waals surface area contributed by atoms with E-state index in [4.69, 9.17) is 4.52 Å². The Morgan fingerprint density at radius 3 is 2.62 bits per heavy atom. The van der Waals surface area contributed by atoms with Crippen molar-refractivity contribution in [1.29, 1.82) is 0 Å². The molecule has 3 rings (SSSR count). The van der Waals surface area contributed by atoms with Gasteiger partial charge >= 0.3 is 5.76 Å². The maximum Gasteiger partial charge on any atom is 0.442 e. The number of nitrogens with one attached hydrogen (secondary N) is 1. The fourth-order valence-electron chi connectivity index (χ4n) is 2.14. The number of amides is 1. The third kappa shape index (κ3) is 3.27. The first-order chi connectivity index (χ1) is 11.5. The molecule has 0 spiro atoms. The molecule has 0 saturated heterocycles. The maximum absolute atomic E-state index is 12.2. The molecule has 0 aliphatic carbocycles. The van der Waals surface area contributed by atoms with Gasteiger partial charge in [0.15, 0.2) is 5.82 Å². The van der Waals surface area contributed by atoms with Crippen molar-refractivity contribution >= 4 is 11.8 Å². The monoisotopic (exact) mass is 328 g/mol. The van der Waals surface area contributed by atoms with Gasteiger partial charge in [-0.25, -0.2) is 9.36 Å². The van der Waals surface area contributed by atoms with Crippen molar-refractivity contribution in [3.8, 4) is 11.4 Å². The highest BCUT2D eigenvalue weighted by molar-refractivity contribution is 5.89. The average Bonchev–Trinajstić information content (AvgIpc) is 3.16. The molecule has 124 valence electrons. The average molecular weight is 328 g/mol. The van der Waals surface area contributed by atoms with E-state index in [0.717, 1.165) is 10.3 Å². The zero-order chi connectivity index (χ0) is 17.1. The standard InChI is InChI=1S/C16H16N4O4/c1-10(2)12-8-14(23-18-12)17-13(21)9-20-15(19-24-16(20)22)11-6-4-3-5-7-11/h3-8,10H,9H2,1-2H3,(H,17,21). The molecule has 1 aromatic carbocycles. The Morgan fingerprint density at radius 2 is 1.96 bits per heavy atom. The fourth-order valence-corrected chi connectivity index (χ4v) is 2.14. The van der Waals surface area contributed by atoms with Gasteiger partial charge in [0, 0.05) is 11.6 Å². The molecule has 1 amide bonds. The molecule has 0 fully saturated rings. The highest BCUT2D eigenvalue weighted by Gasteiger charge is 2.17. The fraction of sp³-hybridized carbons (Fsp3) is 0.250. The Bertz CT molecular complexity index is 892. The highest BCUT2D eigenvalue weighted by atomic mass is 16.5. The number of nitrogens with zero attached hydrogens (tertiary/aromatic N) is 3. The lowest BCUT2D eigenvalue weighted by Crippen LogP contribution is -2.25. The first-order valence-corrected chi connectivity index (χ1v) is 7.43. The van der Waals surface area contributed by atoms with E-state index in [2.05, 4.69) is 20.2 Å². The predicted octanol–water partition coefficient (Wildman–Crippen LogP) is 2.25. The molecule has 0 saturated carbocycles. The zero-order valence-electron chi connectivity index (χ0n) is 13.2. The van der Waals surface area contributed by atoms with Gasteiger partial charge in [-0.2, -0.15) is 0 Å². The third-order valence-corrected chi connectivity index (χ3v) is 3.40. The summed E-state index contributed by atoms with van der Waals surface area (Å²) in [7, 11) is 0. The number of benzene rings is 1. The first kappa shape index (κ1) is 15.7. The van der Waals surface area contributed by atoms with Gasteiger partial charge in [-0.1, -0.05) is 54.5 Å². The van der Waals surface area contributed by atoms with Crippen molar-refractivity contribution in [3.05, 3.63) is 52.6 Å². The van der Waals surface area contributed by atoms with Gasteiger partial charge in [-0.3, -0.25) is 14.6 Å². The first-order valence-electron chi connectivity index (χ1n) is 7.43. The Morgan fingerprint density at radius 1 is 1.21 bits per heavy atom. The number of hydrogen-bond acceptors (Lipinski definition) is 6. The van der Waals surface area contributed by atoms with Crippen LogP contribution >= 0.6 is 0 Å². The van der Waals surface area contributed by atoms with Crippen LogP contribution in [-0.4, -0.2) is 20.8 Å². The van der Waals surface area contributed by atoms with Crippen molar-refractivity contribution in [1.82, 2.24) is 14.9 Å². The SMILES string of the molecule is CC(C)c1cc(NC(=O)Cn2c(-c3ccccc3)noc2=O)on1.